The summed E-state index contributed by atoms with van der Waals surface area (Å²) >= 11 is 0. The number of carbonyl (C=O) groups is 1. The van der Waals surface area contributed by atoms with Crippen LogP contribution in [0, 0.1) is 6.92 Å². The number of benzene rings is 1. The van der Waals surface area contributed by atoms with Crippen molar-refractivity contribution in [2.24, 2.45) is 0 Å². The Bertz CT molecular complexity index is 787. The third kappa shape index (κ3) is 4.55. The van der Waals surface area contributed by atoms with Crippen LogP contribution >= 0.6 is 12.4 Å². The molecule has 2 fully saturated rings. The maximum atomic E-state index is 13.3. The van der Waals surface area contributed by atoms with Gasteiger partial charge in [-0.2, -0.15) is 0 Å². The number of amides is 1. The predicted octanol–water partition coefficient (Wildman–Crippen LogP) is 3.69. The number of halogens is 1. The molecule has 0 aliphatic carbocycles. The first-order chi connectivity index (χ1) is 13.2. The van der Waals surface area contributed by atoms with Gasteiger partial charge in [-0.15, -0.1) is 17.5 Å². The fourth-order valence-electron chi connectivity index (χ4n) is 4.35. The Morgan fingerprint density at radius 2 is 1.96 bits per heavy atom. The summed E-state index contributed by atoms with van der Waals surface area (Å²) in [5.74, 6) is 0.0172. The summed E-state index contributed by atoms with van der Waals surface area (Å²) in [6.45, 7) is 4.89. The second-order valence-electron chi connectivity index (χ2n) is 7.84. The molecular formula is C21H30ClN5O. The van der Waals surface area contributed by atoms with E-state index in [-0.39, 0.29) is 24.4 Å². The molecule has 1 aromatic heterocycles. The van der Waals surface area contributed by atoms with Crippen molar-refractivity contribution in [2.75, 3.05) is 19.6 Å². The molecule has 1 N–H and O–H groups in total. The molecule has 0 bridgehead atoms. The third-order valence-electron chi connectivity index (χ3n) is 5.85. The molecule has 1 atom stereocenters. The minimum atomic E-state index is 0. The number of carbonyl (C=O) groups excluding carboxylic acids is 1. The fraction of sp³-hybridized carbons (Fsp3) is 0.571. The molecule has 1 aromatic carbocycles. The van der Waals surface area contributed by atoms with Crippen LogP contribution in [0.25, 0.3) is 0 Å². The summed E-state index contributed by atoms with van der Waals surface area (Å²) in [4.78, 5) is 15.3. The molecule has 3 heterocycles. The summed E-state index contributed by atoms with van der Waals surface area (Å²) in [6, 6.07) is 9.03. The van der Waals surface area contributed by atoms with Crippen LogP contribution in [0.4, 0.5) is 0 Å². The zero-order valence-corrected chi connectivity index (χ0v) is 17.3. The van der Waals surface area contributed by atoms with Gasteiger partial charge in [0.05, 0.1) is 18.3 Å². The first-order valence-corrected chi connectivity index (χ1v) is 10.2. The molecule has 1 unspecified atom stereocenters. The van der Waals surface area contributed by atoms with Crippen LogP contribution in [0.2, 0.25) is 0 Å². The lowest BCUT2D eigenvalue weighted by atomic mass is 9.99. The van der Waals surface area contributed by atoms with E-state index in [1.54, 1.807) is 0 Å². The molecule has 152 valence electrons. The van der Waals surface area contributed by atoms with Gasteiger partial charge in [0.1, 0.15) is 0 Å². The standard InChI is InChI=1S/C21H29N5O.ClH/c1-16-6-5-7-17(14-16)20-8-3-2-4-13-25(20)21(27)19-15-26(24-23-19)18-9-11-22-12-10-18;/h5-7,14-15,18,20,22H,2-4,8-13H2,1H3;1H. The van der Waals surface area contributed by atoms with Crippen molar-refractivity contribution < 1.29 is 4.79 Å². The van der Waals surface area contributed by atoms with E-state index in [0.29, 0.717) is 11.7 Å². The Morgan fingerprint density at radius 1 is 1.14 bits per heavy atom. The zero-order valence-electron chi connectivity index (χ0n) is 16.5. The van der Waals surface area contributed by atoms with E-state index in [9.17, 15) is 4.79 Å². The Hall–Kier alpha value is -1.92. The number of aryl methyl sites for hydroxylation is 1. The Morgan fingerprint density at radius 3 is 2.75 bits per heavy atom. The summed E-state index contributed by atoms with van der Waals surface area (Å²) in [6.07, 6.45) is 8.32. The van der Waals surface area contributed by atoms with E-state index in [4.69, 9.17) is 0 Å². The highest BCUT2D eigenvalue weighted by atomic mass is 35.5. The van der Waals surface area contributed by atoms with E-state index >= 15 is 0 Å². The van der Waals surface area contributed by atoms with Crippen molar-refractivity contribution in [1.29, 1.82) is 0 Å². The Balaban J connectivity index is 0.00000225. The quantitative estimate of drug-likeness (QED) is 0.848. The summed E-state index contributed by atoms with van der Waals surface area (Å²) in [5, 5.41) is 11.9. The average molecular weight is 404 g/mol. The maximum Gasteiger partial charge on any atom is 0.276 e. The van der Waals surface area contributed by atoms with Crippen molar-refractivity contribution in [3.05, 3.63) is 47.3 Å². The number of nitrogens with zero attached hydrogens (tertiary/aromatic N) is 4. The molecule has 2 aromatic rings. The van der Waals surface area contributed by atoms with Gasteiger partial charge >= 0.3 is 0 Å². The molecule has 1 amide bonds. The number of aromatic nitrogens is 3. The van der Waals surface area contributed by atoms with Crippen molar-refractivity contribution in [2.45, 2.75) is 57.5 Å². The SMILES string of the molecule is Cc1cccc(C2CCCCCN2C(=O)c2cn(C3CCNCC3)nn2)c1.Cl. The van der Waals surface area contributed by atoms with Crippen LogP contribution in [0.5, 0.6) is 0 Å². The molecule has 0 spiro atoms. The van der Waals surface area contributed by atoms with Crippen molar-refractivity contribution in [1.82, 2.24) is 25.2 Å². The van der Waals surface area contributed by atoms with Gasteiger partial charge in [0.15, 0.2) is 5.69 Å². The van der Waals surface area contributed by atoms with Gasteiger partial charge in [-0.25, -0.2) is 4.68 Å². The summed E-state index contributed by atoms with van der Waals surface area (Å²) in [5.41, 5.74) is 2.95. The molecule has 4 rings (SSSR count). The van der Waals surface area contributed by atoms with Gasteiger partial charge < -0.3 is 10.2 Å². The third-order valence-corrected chi connectivity index (χ3v) is 5.85. The van der Waals surface area contributed by atoms with E-state index < -0.39 is 0 Å². The highest BCUT2D eigenvalue weighted by Crippen LogP contribution is 2.31. The monoisotopic (exact) mass is 403 g/mol. The lowest BCUT2D eigenvalue weighted by Gasteiger charge is -2.30. The van der Waals surface area contributed by atoms with E-state index in [0.717, 1.165) is 51.7 Å². The van der Waals surface area contributed by atoms with E-state index in [2.05, 4.69) is 46.8 Å². The number of hydrogen-bond donors (Lipinski definition) is 1. The summed E-state index contributed by atoms with van der Waals surface area (Å²) < 4.78 is 1.90. The van der Waals surface area contributed by atoms with Crippen LogP contribution < -0.4 is 5.32 Å². The van der Waals surface area contributed by atoms with Crippen LogP contribution in [0.3, 0.4) is 0 Å². The second-order valence-corrected chi connectivity index (χ2v) is 7.84. The molecule has 2 saturated heterocycles. The normalized spacial score (nSPS) is 21.0. The van der Waals surface area contributed by atoms with Gasteiger partial charge in [-0.1, -0.05) is 47.9 Å². The van der Waals surface area contributed by atoms with Crippen molar-refractivity contribution in [3.63, 3.8) is 0 Å². The lowest BCUT2D eigenvalue weighted by molar-refractivity contribution is 0.0674. The van der Waals surface area contributed by atoms with Gasteiger partial charge in [-0.3, -0.25) is 4.79 Å². The van der Waals surface area contributed by atoms with Crippen molar-refractivity contribution in [3.8, 4) is 0 Å². The Kier molecular flexibility index (Phi) is 7.08. The van der Waals surface area contributed by atoms with Gasteiger partial charge in [-0.05, 0) is 51.3 Å². The number of piperidine rings is 1. The van der Waals surface area contributed by atoms with E-state index in [1.165, 1.54) is 17.5 Å². The maximum absolute atomic E-state index is 13.3. The molecule has 0 radical (unpaired) electrons. The highest BCUT2D eigenvalue weighted by Gasteiger charge is 2.29. The zero-order chi connectivity index (χ0) is 18.6. The van der Waals surface area contributed by atoms with Gasteiger partial charge in [0, 0.05) is 6.54 Å². The molecule has 2 aliphatic rings. The average Bonchev–Trinajstić information content (AvgIpc) is 3.06. The second kappa shape index (κ2) is 9.52. The Labute approximate surface area is 173 Å². The topological polar surface area (TPSA) is 63.1 Å². The summed E-state index contributed by atoms with van der Waals surface area (Å²) in [7, 11) is 0. The van der Waals surface area contributed by atoms with Crippen molar-refractivity contribution >= 4 is 18.3 Å². The first-order valence-electron chi connectivity index (χ1n) is 10.2. The number of rotatable bonds is 3. The highest BCUT2D eigenvalue weighted by molar-refractivity contribution is 5.92. The van der Waals surface area contributed by atoms with Crippen LogP contribution in [-0.4, -0.2) is 45.4 Å². The van der Waals surface area contributed by atoms with Gasteiger partial charge in [0.2, 0.25) is 0 Å². The lowest BCUT2D eigenvalue weighted by Crippen LogP contribution is -2.35. The minimum Gasteiger partial charge on any atom is -0.330 e. The predicted molar refractivity (Wildman–Crippen MR) is 112 cm³/mol. The molecule has 7 heteroatoms. The smallest absolute Gasteiger partial charge is 0.276 e. The number of nitrogens with one attached hydrogen (secondary N) is 1. The molecular weight excluding hydrogens is 374 g/mol. The molecule has 0 saturated carbocycles. The molecule has 28 heavy (non-hydrogen) atoms. The van der Waals surface area contributed by atoms with Crippen LogP contribution in [-0.2, 0) is 0 Å². The first kappa shape index (κ1) is 20.8. The largest absolute Gasteiger partial charge is 0.330 e. The van der Waals surface area contributed by atoms with E-state index in [1.807, 2.05) is 15.8 Å². The molecule has 2 aliphatic heterocycles. The fourth-order valence-corrected chi connectivity index (χ4v) is 4.35. The van der Waals surface area contributed by atoms with Gasteiger partial charge in [0.25, 0.3) is 5.91 Å². The van der Waals surface area contributed by atoms with Crippen LogP contribution in [0.15, 0.2) is 30.5 Å². The van der Waals surface area contributed by atoms with Crippen LogP contribution in [0.1, 0.15) is 72.2 Å². The minimum absolute atomic E-state index is 0. The number of hydrogen-bond acceptors (Lipinski definition) is 4. The molecule has 6 nitrogen and oxygen atoms in total. The number of likely N-dealkylation sites (tertiary alicyclic amines) is 1.